The van der Waals surface area contributed by atoms with Crippen LogP contribution in [0.2, 0.25) is 0 Å². The van der Waals surface area contributed by atoms with Crippen LogP contribution in [-0.2, 0) is 16.0 Å². The van der Waals surface area contributed by atoms with Crippen LogP contribution in [0.3, 0.4) is 0 Å². The number of hydrogen-bond donors (Lipinski definition) is 1. The van der Waals surface area contributed by atoms with Crippen molar-refractivity contribution in [2.24, 2.45) is 0 Å². The molecule has 1 fully saturated rings. The summed E-state index contributed by atoms with van der Waals surface area (Å²) < 4.78 is 17.8. The number of aryl methyl sites for hydroxylation is 2. The number of rotatable bonds is 7. The van der Waals surface area contributed by atoms with Gasteiger partial charge >= 0.3 is 0 Å². The van der Waals surface area contributed by atoms with E-state index >= 15 is 0 Å². The van der Waals surface area contributed by atoms with Crippen LogP contribution < -0.4 is 5.32 Å². The zero-order valence-corrected chi connectivity index (χ0v) is 15.4. The fourth-order valence-electron chi connectivity index (χ4n) is 3.37. The first-order chi connectivity index (χ1) is 13.0. The molecule has 1 atom stereocenters. The van der Waals surface area contributed by atoms with E-state index in [0.29, 0.717) is 31.0 Å². The molecule has 3 rings (SSSR count). The monoisotopic (exact) mass is 373 g/mol. The first kappa shape index (κ1) is 19.1. The van der Waals surface area contributed by atoms with Crippen molar-refractivity contribution in [1.29, 1.82) is 0 Å². The fourth-order valence-corrected chi connectivity index (χ4v) is 3.37. The molecule has 0 spiro atoms. The van der Waals surface area contributed by atoms with E-state index in [1.165, 1.54) is 12.1 Å². The maximum atomic E-state index is 12.9. The second-order valence-electron chi connectivity index (χ2n) is 6.89. The van der Waals surface area contributed by atoms with Gasteiger partial charge in [-0.25, -0.2) is 4.39 Å². The predicted octanol–water partition coefficient (Wildman–Crippen LogP) is 3.46. The average Bonchev–Trinajstić information content (AvgIpc) is 3.29. The normalized spacial score (nSPS) is 16.5. The largest absolute Gasteiger partial charge is 0.360 e. The number of aromatic nitrogens is 1. The van der Waals surface area contributed by atoms with Crippen LogP contribution in [0, 0.1) is 12.7 Å². The maximum absolute atomic E-state index is 12.9. The van der Waals surface area contributed by atoms with E-state index in [9.17, 15) is 14.0 Å². The first-order valence-corrected chi connectivity index (χ1v) is 9.31. The summed E-state index contributed by atoms with van der Waals surface area (Å²) in [6, 6.07) is 7.63. The summed E-state index contributed by atoms with van der Waals surface area (Å²) in [5, 5.41) is 6.47. The molecule has 2 amide bonds. The Kier molecular flexibility index (Phi) is 6.21. The molecular weight excluding hydrogens is 349 g/mol. The number of anilines is 1. The van der Waals surface area contributed by atoms with Crippen molar-refractivity contribution in [2.75, 3.05) is 11.9 Å². The molecule has 1 aromatic carbocycles. The molecule has 0 radical (unpaired) electrons. The average molecular weight is 373 g/mol. The molecule has 27 heavy (non-hydrogen) atoms. The van der Waals surface area contributed by atoms with E-state index in [1.807, 2.05) is 0 Å². The number of amides is 2. The van der Waals surface area contributed by atoms with Crippen LogP contribution in [0.25, 0.3) is 0 Å². The number of benzene rings is 1. The summed E-state index contributed by atoms with van der Waals surface area (Å²) in [7, 11) is 0. The fraction of sp³-hybridized carbons (Fsp3) is 0.450. The molecule has 0 aliphatic carbocycles. The van der Waals surface area contributed by atoms with Crippen molar-refractivity contribution in [3.8, 4) is 0 Å². The van der Waals surface area contributed by atoms with Crippen LogP contribution in [-0.4, -0.2) is 34.5 Å². The van der Waals surface area contributed by atoms with Crippen LogP contribution in [0.1, 0.15) is 43.4 Å². The van der Waals surface area contributed by atoms with Gasteiger partial charge in [-0.1, -0.05) is 17.3 Å². The molecule has 1 aliphatic rings. The standard InChI is InChI=1S/C20H24FN3O3/c1-14-13-18(23-27-14)22-20(26)17-6-4-12-24(17)19(25)7-3-2-5-15-8-10-16(21)11-9-15/h8-11,13,17H,2-7,12H2,1H3,(H,22,23,26)/t17-/m0/s1. The van der Waals surface area contributed by atoms with Crippen LogP contribution in [0.4, 0.5) is 10.2 Å². The quantitative estimate of drug-likeness (QED) is 0.754. The third-order valence-corrected chi connectivity index (χ3v) is 4.77. The van der Waals surface area contributed by atoms with Crippen molar-refractivity contribution in [2.45, 2.75) is 51.5 Å². The number of halogens is 1. The van der Waals surface area contributed by atoms with Gasteiger partial charge in [-0.2, -0.15) is 0 Å². The lowest BCUT2D eigenvalue weighted by Gasteiger charge is -2.23. The SMILES string of the molecule is Cc1cc(NC(=O)[C@@H]2CCCN2C(=O)CCCCc2ccc(F)cc2)no1. The summed E-state index contributed by atoms with van der Waals surface area (Å²) in [5.74, 6) is 0.526. The Hall–Kier alpha value is -2.70. The molecule has 0 saturated carbocycles. The maximum Gasteiger partial charge on any atom is 0.248 e. The number of nitrogens with one attached hydrogen (secondary N) is 1. The minimum Gasteiger partial charge on any atom is -0.360 e. The van der Waals surface area contributed by atoms with Crippen molar-refractivity contribution >= 4 is 17.6 Å². The number of likely N-dealkylation sites (tertiary alicyclic amines) is 1. The van der Waals surface area contributed by atoms with Gasteiger partial charge in [0.15, 0.2) is 5.82 Å². The smallest absolute Gasteiger partial charge is 0.248 e. The van der Waals surface area contributed by atoms with Gasteiger partial charge < -0.3 is 14.7 Å². The van der Waals surface area contributed by atoms with Crippen LogP contribution in [0.15, 0.2) is 34.9 Å². The van der Waals surface area contributed by atoms with E-state index < -0.39 is 6.04 Å². The van der Waals surface area contributed by atoms with E-state index in [1.54, 1.807) is 30.0 Å². The Morgan fingerprint density at radius 3 is 2.78 bits per heavy atom. The lowest BCUT2D eigenvalue weighted by molar-refractivity contribution is -0.136. The molecule has 1 aromatic heterocycles. The van der Waals surface area contributed by atoms with Crippen molar-refractivity contribution in [3.63, 3.8) is 0 Å². The zero-order valence-electron chi connectivity index (χ0n) is 15.4. The van der Waals surface area contributed by atoms with Gasteiger partial charge in [0.2, 0.25) is 11.8 Å². The van der Waals surface area contributed by atoms with Gasteiger partial charge in [0.05, 0.1) is 0 Å². The van der Waals surface area contributed by atoms with Gasteiger partial charge in [-0.05, 0) is 56.7 Å². The first-order valence-electron chi connectivity index (χ1n) is 9.31. The Morgan fingerprint density at radius 1 is 1.30 bits per heavy atom. The number of unbranched alkanes of at least 4 members (excludes halogenated alkanes) is 1. The Labute approximate surface area is 157 Å². The van der Waals surface area contributed by atoms with E-state index in [2.05, 4.69) is 10.5 Å². The highest BCUT2D eigenvalue weighted by Gasteiger charge is 2.33. The third kappa shape index (κ3) is 5.15. The lowest BCUT2D eigenvalue weighted by atomic mass is 10.1. The van der Waals surface area contributed by atoms with Gasteiger partial charge in [-0.15, -0.1) is 0 Å². The van der Waals surface area contributed by atoms with Crippen LogP contribution in [0.5, 0.6) is 0 Å². The molecule has 7 heteroatoms. The minimum absolute atomic E-state index is 0.00286. The number of carbonyl (C=O) groups excluding carboxylic acids is 2. The molecule has 1 aliphatic heterocycles. The highest BCUT2D eigenvalue weighted by Crippen LogP contribution is 2.21. The summed E-state index contributed by atoms with van der Waals surface area (Å²) in [5.41, 5.74) is 1.06. The Balaban J connectivity index is 1.45. The highest BCUT2D eigenvalue weighted by molar-refractivity contribution is 5.96. The van der Waals surface area contributed by atoms with Gasteiger partial charge in [0, 0.05) is 19.0 Å². The van der Waals surface area contributed by atoms with Crippen LogP contribution >= 0.6 is 0 Å². The molecule has 144 valence electrons. The lowest BCUT2D eigenvalue weighted by Crippen LogP contribution is -2.43. The molecule has 1 N–H and O–H groups in total. The Morgan fingerprint density at radius 2 is 2.07 bits per heavy atom. The van der Waals surface area contributed by atoms with E-state index in [0.717, 1.165) is 31.2 Å². The summed E-state index contributed by atoms with van der Waals surface area (Å²) in [6.45, 7) is 2.35. The van der Waals surface area contributed by atoms with E-state index in [4.69, 9.17) is 4.52 Å². The van der Waals surface area contributed by atoms with Crippen molar-refractivity contribution < 1.29 is 18.5 Å². The van der Waals surface area contributed by atoms with Gasteiger partial charge in [0.1, 0.15) is 17.6 Å². The molecule has 0 bridgehead atoms. The number of carbonyl (C=O) groups is 2. The van der Waals surface area contributed by atoms with Crippen molar-refractivity contribution in [1.82, 2.24) is 10.1 Å². The molecular formula is C20H24FN3O3. The third-order valence-electron chi connectivity index (χ3n) is 4.77. The molecule has 2 aromatic rings. The highest BCUT2D eigenvalue weighted by atomic mass is 19.1. The second-order valence-corrected chi connectivity index (χ2v) is 6.89. The predicted molar refractivity (Wildman–Crippen MR) is 98.6 cm³/mol. The Bertz CT molecular complexity index is 788. The zero-order chi connectivity index (χ0) is 19.2. The minimum atomic E-state index is -0.452. The summed E-state index contributed by atoms with van der Waals surface area (Å²) in [4.78, 5) is 26.7. The number of hydrogen-bond acceptors (Lipinski definition) is 4. The molecule has 6 nitrogen and oxygen atoms in total. The van der Waals surface area contributed by atoms with Gasteiger partial charge in [0.25, 0.3) is 0 Å². The number of nitrogens with zero attached hydrogens (tertiary/aromatic N) is 2. The molecule has 1 saturated heterocycles. The van der Waals surface area contributed by atoms with E-state index in [-0.39, 0.29) is 17.6 Å². The molecule has 0 unspecified atom stereocenters. The topological polar surface area (TPSA) is 75.4 Å². The van der Waals surface area contributed by atoms with Gasteiger partial charge in [-0.3, -0.25) is 9.59 Å². The summed E-state index contributed by atoms with van der Waals surface area (Å²) >= 11 is 0. The summed E-state index contributed by atoms with van der Waals surface area (Å²) in [6.07, 6.45) is 4.28. The second kappa shape index (κ2) is 8.79. The molecule has 2 heterocycles. The van der Waals surface area contributed by atoms with Crippen molar-refractivity contribution in [3.05, 3.63) is 47.5 Å².